The highest BCUT2D eigenvalue weighted by Gasteiger charge is 2.22. The van der Waals surface area contributed by atoms with E-state index >= 15 is 0 Å². The number of nitrogens with zero attached hydrogens (tertiary/aromatic N) is 2. The number of hydrogen-bond donors (Lipinski definition) is 1. The smallest absolute Gasteiger partial charge is 0.236 e. The van der Waals surface area contributed by atoms with E-state index in [1.165, 1.54) is 0 Å². The summed E-state index contributed by atoms with van der Waals surface area (Å²) in [6.07, 6.45) is 4.36. The third kappa shape index (κ3) is 3.71. The molecule has 1 aromatic heterocycles. The van der Waals surface area contributed by atoms with Crippen molar-refractivity contribution in [3.8, 4) is 0 Å². The summed E-state index contributed by atoms with van der Waals surface area (Å²) in [4.78, 5) is 0. The Bertz CT molecular complexity index is 463. The molecule has 0 aliphatic carbocycles. The summed E-state index contributed by atoms with van der Waals surface area (Å²) in [5.41, 5.74) is 0. The van der Waals surface area contributed by atoms with Crippen molar-refractivity contribution in [1.82, 2.24) is 9.78 Å². The second-order valence-corrected chi connectivity index (χ2v) is 6.01. The van der Waals surface area contributed by atoms with Crippen molar-refractivity contribution in [1.29, 1.82) is 0 Å². The molecule has 7 heteroatoms. The fourth-order valence-electron chi connectivity index (χ4n) is 1.85. The van der Waals surface area contributed by atoms with Gasteiger partial charge in [-0.1, -0.05) is 0 Å². The quantitative estimate of drug-likeness (QED) is 0.865. The number of aromatic nitrogens is 2. The molecule has 1 aliphatic rings. The molecule has 0 spiro atoms. The van der Waals surface area contributed by atoms with Gasteiger partial charge >= 0.3 is 0 Å². The highest BCUT2D eigenvalue weighted by Crippen LogP contribution is 2.15. The van der Waals surface area contributed by atoms with Crippen molar-refractivity contribution < 1.29 is 13.2 Å². The largest absolute Gasteiger partial charge is 0.377 e. The van der Waals surface area contributed by atoms with Crippen LogP contribution in [0.1, 0.15) is 19.3 Å². The monoisotopic (exact) mass is 259 g/mol. The van der Waals surface area contributed by atoms with Crippen LogP contribution < -0.4 is 4.72 Å². The highest BCUT2D eigenvalue weighted by atomic mass is 32.2. The summed E-state index contributed by atoms with van der Waals surface area (Å²) in [6, 6.07) is 1.62. The summed E-state index contributed by atoms with van der Waals surface area (Å²) >= 11 is 0. The van der Waals surface area contributed by atoms with Gasteiger partial charge in [0, 0.05) is 25.9 Å². The number of nitrogens with one attached hydrogen (secondary N) is 1. The number of anilines is 1. The van der Waals surface area contributed by atoms with Crippen LogP contribution in [-0.4, -0.2) is 36.7 Å². The first kappa shape index (κ1) is 12.4. The van der Waals surface area contributed by atoms with Gasteiger partial charge in [0.1, 0.15) is 0 Å². The van der Waals surface area contributed by atoms with Gasteiger partial charge in [-0.25, -0.2) is 8.42 Å². The molecule has 0 bridgehead atoms. The Balaban J connectivity index is 1.94. The first-order valence-corrected chi connectivity index (χ1v) is 7.32. The Morgan fingerprint density at radius 1 is 1.59 bits per heavy atom. The number of rotatable bonds is 4. The fraction of sp³-hybridized carbons (Fsp3) is 0.700. The molecule has 0 aromatic carbocycles. The molecule has 0 radical (unpaired) electrons. The first-order valence-electron chi connectivity index (χ1n) is 5.67. The van der Waals surface area contributed by atoms with Gasteiger partial charge in [-0.05, 0) is 19.3 Å². The molecule has 0 amide bonds. The third-order valence-electron chi connectivity index (χ3n) is 2.65. The van der Waals surface area contributed by atoms with E-state index in [1.54, 1.807) is 24.0 Å². The predicted octanol–water partition coefficient (Wildman–Crippen LogP) is 0.731. The van der Waals surface area contributed by atoms with Gasteiger partial charge in [-0.2, -0.15) is 5.10 Å². The van der Waals surface area contributed by atoms with Crippen LogP contribution in [0.2, 0.25) is 0 Å². The van der Waals surface area contributed by atoms with Crippen molar-refractivity contribution >= 4 is 15.8 Å². The van der Waals surface area contributed by atoms with Crippen LogP contribution in [0.5, 0.6) is 0 Å². The lowest BCUT2D eigenvalue weighted by molar-refractivity contribution is 0.0306. The maximum absolute atomic E-state index is 11.8. The van der Waals surface area contributed by atoms with E-state index in [0.29, 0.717) is 12.4 Å². The first-order chi connectivity index (χ1) is 8.05. The Morgan fingerprint density at radius 3 is 3.00 bits per heavy atom. The van der Waals surface area contributed by atoms with Crippen LogP contribution in [-0.2, 0) is 21.8 Å². The van der Waals surface area contributed by atoms with Gasteiger partial charge in [0.05, 0.1) is 11.9 Å². The lowest BCUT2D eigenvalue weighted by Gasteiger charge is -2.22. The normalized spacial score (nSPS) is 21.4. The number of sulfonamides is 1. The number of ether oxygens (including phenoxy) is 1. The lowest BCUT2D eigenvalue weighted by atomic mass is 10.1. The van der Waals surface area contributed by atoms with E-state index in [0.717, 1.165) is 19.3 Å². The van der Waals surface area contributed by atoms with E-state index in [9.17, 15) is 8.42 Å². The average Bonchev–Trinajstić information content (AvgIpc) is 2.63. The highest BCUT2D eigenvalue weighted by molar-refractivity contribution is 7.92. The van der Waals surface area contributed by atoms with Gasteiger partial charge in [0.15, 0.2) is 5.82 Å². The van der Waals surface area contributed by atoms with Gasteiger partial charge in [0.2, 0.25) is 10.0 Å². The van der Waals surface area contributed by atoms with Crippen molar-refractivity contribution in [2.24, 2.45) is 7.05 Å². The van der Waals surface area contributed by atoms with Crippen molar-refractivity contribution in [2.45, 2.75) is 25.4 Å². The van der Waals surface area contributed by atoms with Crippen LogP contribution >= 0.6 is 0 Å². The van der Waals surface area contributed by atoms with E-state index < -0.39 is 10.0 Å². The Morgan fingerprint density at radius 2 is 2.41 bits per heavy atom. The lowest BCUT2D eigenvalue weighted by Crippen LogP contribution is -2.31. The molecule has 2 rings (SSSR count). The molecule has 0 unspecified atom stereocenters. The van der Waals surface area contributed by atoms with Crippen molar-refractivity contribution in [2.75, 3.05) is 17.1 Å². The Hall–Kier alpha value is -1.08. The van der Waals surface area contributed by atoms with Crippen molar-refractivity contribution in [3.05, 3.63) is 12.3 Å². The zero-order chi connectivity index (χ0) is 12.3. The molecule has 1 fully saturated rings. The maximum atomic E-state index is 11.8. The average molecular weight is 259 g/mol. The van der Waals surface area contributed by atoms with Gasteiger partial charge in [-0.15, -0.1) is 0 Å². The molecule has 2 heterocycles. The summed E-state index contributed by atoms with van der Waals surface area (Å²) in [6.45, 7) is 0.657. The second kappa shape index (κ2) is 5.05. The maximum Gasteiger partial charge on any atom is 0.236 e. The summed E-state index contributed by atoms with van der Waals surface area (Å²) in [7, 11) is -1.63. The minimum atomic E-state index is -3.37. The zero-order valence-electron chi connectivity index (χ0n) is 9.80. The Kier molecular flexibility index (Phi) is 3.68. The summed E-state index contributed by atoms with van der Waals surface area (Å²) < 4.78 is 33.1. The van der Waals surface area contributed by atoms with Crippen LogP contribution in [0.3, 0.4) is 0 Å². The molecule has 1 aliphatic heterocycles. The van der Waals surface area contributed by atoms with Crippen LogP contribution in [0.4, 0.5) is 5.82 Å². The summed E-state index contributed by atoms with van der Waals surface area (Å²) in [5, 5.41) is 3.97. The molecular weight excluding hydrogens is 242 g/mol. The van der Waals surface area contributed by atoms with Gasteiger partial charge < -0.3 is 4.74 Å². The van der Waals surface area contributed by atoms with E-state index in [-0.39, 0.29) is 11.9 Å². The molecular formula is C10H17N3O3S. The Labute approximate surface area is 101 Å². The SMILES string of the molecule is Cn1ccc(NS(=O)(=O)C[C@H]2CCCCO2)n1. The van der Waals surface area contributed by atoms with Crippen LogP contribution in [0.15, 0.2) is 12.3 Å². The van der Waals surface area contributed by atoms with E-state index in [4.69, 9.17) is 4.74 Å². The van der Waals surface area contributed by atoms with Gasteiger partial charge in [0.25, 0.3) is 0 Å². The minimum absolute atomic E-state index is 0.00355. The van der Waals surface area contributed by atoms with Crippen molar-refractivity contribution in [3.63, 3.8) is 0 Å². The van der Waals surface area contributed by atoms with E-state index in [1.807, 2.05) is 0 Å². The van der Waals surface area contributed by atoms with E-state index in [2.05, 4.69) is 9.82 Å². The minimum Gasteiger partial charge on any atom is -0.377 e. The molecule has 1 N–H and O–H groups in total. The third-order valence-corrected chi connectivity index (χ3v) is 3.98. The number of aryl methyl sites for hydroxylation is 1. The predicted molar refractivity (Wildman–Crippen MR) is 64.2 cm³/mol. The summed E-state index contributed by atoms with van der Waals surface area (Å²) in [5.74, 6) is 0.354. The standard InChI is InChI=1S/C10H17N3O3S/c1-13-6-5-10(11-13)12-17(14,15)8-9-4-2-3-7-16-9/h5-6,9H,2-4,7-8H2,1H3,(H,11,12)/t9-/m1/s1. The molecule has 1 atom stereocenters. The van der Waals surface area contributed by atoms with Crippen LogP contribution in [0.25, 0.3) is 0 Å². The molecule has 6 nitrogen and oxygen atoms in total. The molecule has 96 valence electrons. The van der Waals surface area contributed by atoms with Gasteiger partial charge in [-0.3, -0.25) is 9.40 Å². The molecule has 0 saturated carbocycles. The molecule has 1 saturated heterocycles. The van der Waals surface area contributed by atoms with Crippen LogP contribution in [0, 0.1) is 0 Å². The zero-order valence-corrected chi connectivity index (χ0v) is 10.6. The fourth-order valence-corrected chi connectivity index (χ4v) is 3.12. The molecule has 17 heavy (non-hydrogen) atoms. The number of hydrogen-bond acceptors (Lipinski definition) is 4. The second-order valence-electron chi connectivity index (χ2n) is 4.25. The topological polar surface area (TPSA) is 73.2 Å². The molecule has 1 aromatic rings.